The average Bonchev–Trinajstić information content (AvgIpc) is 2.58. The van der Waals surface area contributed by atoms with Crippen LogP contribution in [0.3, 0.4) is 0 Å². The summed E-state index contributed by atoms with van der Waals surface area (Å²) in [4.78, 5) is 17.1. The minimum Gasteiger partial charge on any atom is -0.479 e. The number of carbonyl (C=O) groups is 1. The lowest BCUT2D eigenvalue weighted by Gasteiger charge is -2.29. The third-order valence-electron chi connectivity index (χ3n) is 2.86. The van der Waals surface area contributed by atoms with E-state index in [4.69, 9.17) is 14.3 Å². The summed E-state index contributed by atoms with van der Waals surface area (Å²) in [6.07, 6.45) is -0.749. The topological polar surface area (TPSA) is 75.8 Å². The van der Waals surface area contributed by atoms with Crippen LogP contribution in [0, 0.1) is 13.8 Å². The Morgan fingerprint density at radius 2 is 2.35 bits per heavy atom. The van der Waals surface area contributed by atoms with Crippen molar-refractivity contribution >= 4 is 5.97 Å². The fourth-order valence-electron chi connectivity index (χ4n) is 1.79. The molecule has 0 bridgehead atoms. The van der Waals surface area contributed by atoms with E-state index >= 15 is 0 Å². The van der Waals surface area contributed by atoms with Crippen molar-refractivity contribution in [3.05, 3.63) is 17.3 Å². The van der Waals surface area contributed by atoms with Crippen molar-refractivity contribution in [2.75, 3.05) is 19.7 Å². The monoisotopic (exact) mass is 240 g/mol. The van der Waals surface area contributed by atoms with Gasteiger partial charge in [-0.2, -0.15) is 0 Å². The van der Waals surface area contributed by atoms with E-state index in [1.807, 2.05) is 18.7 Å². The Balaban J connectivity index is 1.96. The van der Waals surface area contributed by atoms with Crippen LogP contribution < -0.4 is 0 Å². The number of aromatic nitrogens is 1. The molecule has 0 radical (unpaired) electrons. The van der Waals surface area contributed by atoms with Crippen molar-refractivity contribution in [1.29, 1.82) is 0 Å². The molecular formula is C11H16N2O4. The zero-order chi connectivity index (χ0) is 12.4. The Kier molecular flexibility index (Phi) is 3.44. The van der Waals surface area contributed by atoms with Crippen LogP contribution in [0.1, 0.15) is 17.3 Å². The zero-order valence-corrected chi connectivity index (χ0v) is 9.97. The van der Waals surface area contributed by atoms with Crippen LogP contribution in [0.25, 0.3) is 0 Å². The predicted molar refractivity (Wildman–Crippen MR) is 58.6 cm³/mol. The summed E-state index contributed by atoms with van der Waals surface area (Å²) in [5.74, 6) is 0.517. The maximum atomic E-state index is 10.8. The van der Waals surface area contributed by atoms with E-state index in [1.54, 1.807) is 0 Å². The van der Waals surface area contributed by atoms with E-state index in [0.29, 0.717) is 32.1 Å². The maximum absolute atomic E-state index is 10.8. The standard InChI is InChI=1S/C11H16N2O4/c1-7-8(2)17-10(12-7)6-13-3-4-16-9(5-13)11(14)15/h9H,3-6H2,1-2H3,(H,14,15). The largest absolute Gasteiger partial charge is 0.479 e. The van der Waals surface area contributed by atoms with Gasteiger partial charge in [-0.05, 0) is 13.8 Å². The second-order valence-corrected chi connectivity index (χ2v) is 4.18. The fourth-order valence-corrected chi connectivity index (χ4v) is 1.79. The van der Waals surface area contributed by atoms with Crippen molar-refractivity contribution in [3.8, 4) is 0 Å². The second kappa shape index (κ2) is 4.85. The smallest absolute Gasteiger partial charge is 0.334 e. The molecule has 6 heteroatoms. The predicted octanol–water partition coefficient (Wildman–Crippen LogP) is 0.577. The summed E-state index contributed by atoms with van der Waals surface area (Å²) in [6, 6.07) is 0. The number of carboxylic acid groups (broad SMARTS) is 1. The summed E-state index contributed by atoms with van der Waals surface area (Å²) in [5.41, 5.74) is 0.878. The third-order valence-corrected chi connectivity index (χ3v) is 2.86. The van der Waals surface area contributed by atoms with E-state index in [2.05, 4.69) is 4.98 Å². The molecule has 1 aromatic heterocycles. The van der Waals surface area contributed by atoms with Gasteiger partial charge < -0.3 is 14.3 Å². The van der Waals surface area contributed by atoms with Gasteiger partial charge in [-0.1, -0.05) is 0 Å². The first kappa shape index (κ1) is 12.1. The highest BCUT2D eigenvalue weighted by atomic mass is 16.5. The number of aliphatic carboxylic acids is 1. The molecule has 0 spiro atoms. The first-order valence-electron chi connectivity index (χ1n) is 5.56. The summed E-state index contributed by atoms with van der Waals surface area (Å²) >= 11 is 0. The number of hydrogen-bond donors (Lipinski definition) is 1. The molecule has 0 amide bonds. The first-order chi connectivity index (χ1) is 8.06. The Bertz CT molecular complexity index is 396. The van der Waals surface area contributed by atoms with Crippen LogP contribution in [0.2, 0.25) is 0 Å². The Labute approximate surface area is 99.2 Å². The van der Waals surface area contributed by atoms with Crippen molar-refractivity contribution in [3.63, 3.8) is 0 Å². The lowest BCUT2D eigenvalue weighted by Crippen LogP contribution is -2.45. The zero-order valence-electron chi connectivity index (χ0n) is 9.97. The first-order valence-corrected chi connectivity index (χ1v) is 5.56. The highest BCUT2D eigenvalue weighted by Gasteiger charge is 2.27. The lowest BCUT2D eigenvalue weighted by molar-refractivity contribution is -0.156. The minimum atomic E-state index is -0.922. The molecule has 1 aliphatic rings. The molecule has 1 aromatic rings. The maximum Gasteiger partial charge on any atom is 0.334 e. The fraction of sp³-hybridized carbons (Fsp3) is 0.636. The van der Waals surface area contributed by atoms with Gasteiger partial charge in [-0.25, -0.2) is 9.78 Å². The van der Waals surface area contributed by atoms with Gasteiger partial charge in [-0.15, -0.1) is 0 Å². The molecule has 1 atom stereocenters. The Morgan fingerprint density at radius 1 is 1.59 bits per heavy atom. The normalized spacial score (nSPS) is 21.6. The quantitative estimate of drug-likeness (QED) is 0.832. The molecule has 17 heavy (non-hydrogen) atoms. The molecule has 2 rings (SSSR count). The summed E-state index contributed by atoms with van der Waals surface area (Å²) in [5, 5.41) is 8.88. The molecule has 2 heterocycles. The molecule has 1 aliphatic heterocycles. The summed E-state index contributed by atoms with van der Waals surface area (Å²) < 4.78 is 10.6. The van der Waals surface area contributed by atoms with Crippen LogP contribution >= 0.6 is 0 Å². The molecule has 6 nitrogen and oxygen atoms in total. The third kappa shape index (κ3) is 2.83. The summed E-state index contributed by atoms with van der Waals surface area (Å²) in [7, 11) is 0. The SMILES string of the molecule is Cc1nc(CN2CCOC(C(=O)O)C2)oc1C. The van der Waals surface area contributed by atoms with E-state index in [0.717, 1.165) is 11.5 Å². The average molecular weight is 240 g/mol. The van der Waals surface area contributed by atoms with Crippen LogP contribution in [0.15, 0.2) is 4.42 Å². The molecular weight excluding hydrogens is 224 g/mol. The molecule has 1 saturated heterocycles. The number of hydrogen-bond acceptors (Lipinski definition) is 5. The van der Waals surface area contributed by atoms with E-state index < -0.39 is 12.1 Å². The van der Waals surface area contributed by atoms with Crippen LogP contribution in [0.5, 0.6) is 0 Å². The number of morpholine rings is 1. The molecule has 94 valence electrons. The second-order valence-electron chi connectivity index (χ2n) is 4.18. The van der Waals surface area contributed by atoms with Crippen LogP contribution in [-0.4, -0.2) is 46.8 Å². The van der Waals surface area contributed by atoms with Gasteiger partial charge >= 0.3 is 5.97 Å². The van der Waals surface area contributed by atoms with Gasteiger partial charge in [0.1, 0.15) is 5.76 Å². The molecule has 0 aliphatic carbocycles. The Morgan fingerprint density at radius 3 is 2.94 bits per heavy atom. The number of nitrogens with zero attached hydrogens (tertiary/aromatic N) is 2. The van der Waals surface area contributed by atoms with E-state index in [1.165, 1.54) is 0 Å². The molecule has 1 N–H and O–H groups in total. The minimum absolute atomic E-state index is 0.371. The Hall–Kier alpha value is -1.40. The van der Waals surface area contributed by atoms with E-state index in [-0.39, 0.29) is 0 Å². The number of rotatable bonds is 3. The van der Waals surface area contributed by atoms with Gasteiger partial charge in [0.05, 0.1) is 18.8 Å². The van der Waals surface area contributed by atoms with Crippen molar-refractivity contribution in [2.24, 2.45) is 0 Å². The number of aryl methyl sites for hydroxylation is 2. The molecule has 1 unspecified atom stereocenters. The van der Waals surface area contributed by atoms with Crippen molar-refractivity contribution in [1.82, 2.24) is 9.88 Å². The highest BCUT2D eigenvalue weighted by Crippen LogP contribution is 2.13. The van der Waals surface area contributed by atoms with Crippen molar-refractivity contribution < 1.29 is 19.1 Å². The number of ether oxygens (including phenoxy) is 1. The van der Waals surface area contributed by atoms with Gasteiger partial charge in [0.15, 0.2) is 6.10 Å². The highest BCUT2D eigenvalue weighted by molar-refractivity contribution is 5.72. The lowest BCUT2D eigenvalue weighted by atomic mass is 10.3. The molecule has 1 fully saturated rings. The number of carboxylic acids is 1. The van der Waals surface area contributed by atoms with Gasteiger partial charge in [0, 0.05) is 13.1 Å². The van der Waals surface area contributed by atoms with Gasteiger partial charge in [0.2, 0.25) is 5.89 Å². The molecule has 0 saturated carbocycles. The summed E-state index contributed by atoms with van der Waals surface area (Å²) in [6.45, 7) is 5.78. The van der Waals surface area contributed by atoms with Gasteiger partial charge in [0.25, 0.3) is 0 Å². The molecule has 0 aromatic carbocycles. The van der Waals surface area contributed by atoms with Gasteiger partial charge in [-0.3, -0.25) is 4.90 Å². The number of oxazole rings is 1. The van der Waals surface area contributed by atoms with Crippen LogP contribution in [0.4, 0.5) is 0 Å². The van der Waals surface area contributed by atoms with Crippen molar-refractivity contribution in [2.45, 2.75) is 26.5 Å². The van der Waals surface area contributed by atoms with E-state index in [9.17, 15) is 4.79 Å². The van der Waals surface area contributed by atoms with Crippen LogP contribution in [-0.2, 0) is 16.1 Å².